The number of carbonyl (C=O) groups excluding carboxylic acids is 2. The number of aromatic hydroxyl groups is 1. The Labute approximate surface area is 250 Å². The van der Waals surface area contributed by atoms with Gasteiger partial charge in [-0.25, -0.2) is 9.59 Å². The first-order valence-corrected chi connectivity index (χ1v) is 14.2. The molecule has 3 N–H and O–H groups in total. The van der Waals surface area contributed by atoms with Gasteiger partial charge in [0.15, 0.2) is 23.6 Å². The lowest BCUT2D eigenvalue weighted by atomic mass is 9.89. The number of aryl methyl sites for hydroxylation is 2. The average Bonchev–Trinajstić information content (AvgIpc) is 3.42. The number of carbonyl (C=O) groups is 2. The number of amides is 1. The van der Waals surface area contributed by atoms with Crippen LogP contribution < -0.4 is 15.7 Å². The molecule has 0 radical (unpaired) electrons. The van der Waals surface area contributed by atoms with Gasteiger partial charge in [-0.05, 0) is 64.1 Å². The smallest absolute Gasteiger partial charge is 0.364 e. The summed E-state index contributed by atoms with van der Waals surface area (Å²) in [4.78, 5) is 39.6. The molecule has 1 aliphatic heterocycles. The van der Waals surface area contributed by atoms with Crippen molar-refractivity contribution in [2.24, 2.45) is 0 Å². The second-order valence-corrected chi connectivity index (χ2v) is 11.9. The maximum absolute atomic E-state index is 12.9. The molecule has 12 heteroatoms. The van der Waals surface area contributed by atoms with Gasteiger partial charge < -0.3 is 38.9 Å². The quantitative estimate of drug-likeness (QED) is 0.201. The molecule has 1 saturated heterocycles. The summed E-state index contributed by atoms with van der Waals surface area (Å²) in [6.45, 7) is 6.90. The van der Waals surface area contributed by atoms with E-state index in [1.807, 2.05) is 6.92 Å². The lowest BCUT2D eigenvalue weighted by molar-refractivity contribution is -0.305. The van der Waals surface area contributed by atoms with E-state index in [4.69, 9.17) is 23.4 Å². The fraction of sp³-hybridized carbons (Fsp3) is 0.323. The van der Waals surface area contributed by atoms with E-state index in [0.29, 0.717) is 16.0 Å². The number of anilines is 1. The van der Waals surface area contributed by atoms with Crippen molar-refractivity contribution in [3.8, 4) is 11.5 Å². The molecule has 4 atom stereocenters. The number of nitrogens with one attached hydrogen (secondary N) is 1. The molecule has 1 amide bonds. The van der Waals surface area contributed by atoms with Crippen LogP contribution in [-0.2, 0) is 14.2 Å². The fourth-order valence-corrected chi connectivity index (χ4v) is 5.79. The number of methoxy groups -OCH3 is 1. The maximum Gasteiger partial charge on any atom is 0.364 e. The average molecular weight is 610 g/mol. The Bertz CT molecular complexity index is 1730. The Kier molecular flexibility index (Phi) is 8.30. The molecule has 4 aromatic rings. The Balaban J connectivity index is 1.43. The fourth-order valence-electron chi connectivity index (χ4n) is 5.04. The van der Waals surface area contributed by atoms with Crippen molar-refractivity contribution in [2.45, 2.75) is 57.9 Å². The van der Waals surface area contributed by atoms with Crippen LogP contribution in [0.15, 0.2) is 63.8 Å². The number of aliphatic hydroxyl groups excluding tert-OH is 1. The van der Waals surface area contributed by atoms with Crippen LogP contribution in [0.3, 0.4) is 0 Å². The first-order valence-electron chi connectivity index (χ1n) is 13.4. The normalized spacial score (nSPS) is 21.3. The molecule has 0 saturated carbocycles. The van der Waals surface area contributed by atoms with E-state index in [2.05, 4.69) is 5.32 Å². The van der Waals surface area contributed by atoms with Gasteiger partial charge in [-0.15, -0.1) is 11.3 Å². The summed E-state index contributed by atoms with van der Waals surface area (Å²) in [5, 5.41) is 24.7. The number of hydrogen-bond donors (Lipinski definition) is 3. The number of aliphatic hydroxyl groups is 1. The SMILES string of the molecule is COC1C(OC(=O)c2ccc(C)s2)C(O)C(Oc2ccc3c(O)c(NC(=O)c4ccccc4)c(=O)oc3c2C)OC1(C)C. The van der Waals surface area contributed by atoms with Gasteiger partial charge in [0.25, 0.3) is 5.91 Å². The third kappa shape index (κ3) is 5.87. The predicted octanol–water partition coefficient (Wildman–Crippen LogP) is 4.54. The van der Waals surface area contributed by atoms with Crippen LogP contribution in [-0.4, -0.2) is 59.4 Å². The number of ether oxygens (including phenoxy) is 4. The summed E-state index contributed by atoms with van der Waals surface area (Å²) in [5.41, 5.74) is -1.82. The summed E-state index contributed by atoms with van der Waals surface area (Å²) >= 11 is 1.27. The van der Waals surface area contributed by atoms with Crippen LogP contribution in [0.1, 0.15) is 44.3 Å². The minimum atomic E-state index is -1.46. The topological polar surface area (TPSA) is 154 Å². The highest BCUT2D eigenvalue weighted by Crippen LogP contribution is 2.39. The summed E-state index contributed by atoms with van der Waals surface area (Å²) in [6.07, 6.45) is -4.75. The third-order valence-corrected chi connectivity index (χ3v) is 8.20. The summed E-state index contributed by atoms with van der Waals surface area (Å²) in [6, 6.07) is 14.6. The first-order chi connectivity index (χ1) is 20.4. The van der Waals surface area contributed by atoms with Gasteiger partial charge in [0.1, 0.15) is 22.3 Å². The highest BCUT2D eigenvalue weighted by atomic mass is 32.1. The molecule has 0 bridgehead atoms. The highest BCUT2D eigenvalue weighted by Gasteiger charge is 2.53. The number of hydrogen-bond acceptors (Lipinski definition) is 11. The van der Waals surface area contributed by atoms with E-state index in [0.717, 1.165) is 4.88 Å². The number of esters is 1. The lowest BCUT2D eigenvalue weighted by Gasteiger charge is -2.47. The van der Waals surface area contributed by atoms with E-state index in [1.165, 1.54) is 30.6 Å². The van der Waals surface area contributed by atoms with Crippen LogP contribution in [0.5, 0.6) is 11.5 Å². The largest absolute Gasteiger partial charge is 0.505 e. The van der Waals surface area contributed by atoms with Crippen LogP contribution >= 0.6 is 11.3 Å². The zero-order valence-electron chi connectivity index (χ0n) is 24.1. The van der Waals surface area contributed by atoms with Gasteiger partial charge in [-0.3, -0.25) is 4.79 Å². The minimum absolute atomic E-state index is 0.00748. The predicted molar refractivity (Wildman–Crippen MR) is 158 cm³/mol. The lowest BCUT2D eigenvalue weighted by Crippen LogP contribution is -2.65. The van der Waals surface area contributed by atoms with Gasteiger partial charge in [0, 0.05) is 23.1 Å². The van der Waals surface area contributed by atoms with Crippen LogP contribution in [0.2, 0.25) is 0 Å². The van der Waals surface area contributed by atoms with Gasteiger partial charge in [0.05, 0.1) is 11.0 Å². The molecule has 11 nitrogen and oxygen atoms in total. The maximum atomic E-state index is 12.9. The van der Waals surface area contributed by atoms with Crippen LogP contribution in [0.4, 0.5) is 5.69 Å². The molecular formula is C31H31NO10S. The number of benzene rings is 2. The van der Waals surface area contributed by atoms with Crippen LogP contribution in [0, 0.1) is 13.8 Å². The molecular weight excluding hydrogens is 578 g/mol. The van der Waals surface area contributed by atoms with Crippen molar-refractivity contribution in [3.05, 3.63) is 85.9 Å². The Morgan fingerprint density at radius 2 is 1.77 bits per heavy atom. The second kappa shape index (κ2) is 11.8. The van der Waals surface area contributed by atoms with Gasteiger partial charge in [-0.2, -0.15) is 0 Å². The number of rotatable bonds is 7. The van der Waals surface area contributed by atoms with Crippen molar-refractivity contribution in [1.29, 1.82) is 0 Å². The molecule has 5 rings (SSSR count). The van der Waals surface area contributed by atoms with E-state index in [9.17, 15) is 24.6 Å². The molecule has 0 spiro atoms. The van der Waals surface area contributed by atoms with E-state index in [1.54, 1.807) is 63.2 Å². The van der Waals surface area contributed by atoms with E-state index >= 15 is 0 Å². The molecule has 3 heterocycles. The van der Waals surface area contributed by atoms with Crippen molar-refractivity contribution >= 4 is 39.9 Å². The molecule has 43 heavy (non-hydrogen) atoms. The van der Waals surface area contributed by atoms with E-state index < -0.39 is 59.1 Å². The van der Waals surface area contributed by atoms with Crippen molar-refractivity contribution in [1.82, 2.24) is 0 Å². The summed E-state index contributed by atoms with van der Waals surface area (Å²) < 4.78 is 28.9. The Hall–Kier alpha value is -4.23. The number of thiophene rings is 1. The molecule has 226 valence electrons. The Morgan fingerprint density at radius 1 is 1.05 bits per heavy atom. The van der Waals surface area contributed by atoms with Crippen molar-refractivity contribution < 1.29 is 43.2 Å². The standard InChI is InChI=1S/C31H31NO10S/c1-15-11-14-20(43-15)28(36)41-25-23(34)30(42-31(3,4)26(25)38-5)39-19-13-12-18-22(33)21(29(37)40-24(18)16(19)2)32-27(35)17-9-7-6-8-10-17/h6-14,23,25-26,30,33-34H,1-5H3,(H,32,35). The van der Waals surface area contributed by atoms with Gasteiger partial charge >= 0.3 is 11.6 Å². The van der Waals surface area contributed by atoms with Gasteiger partial charge in [-0.1, -0.05) is 18.2 Å². The molecule has 2 aromatic carbocycles. The monoisotopic (exact) mass is 609 g/mol. The summed E-state index contributed by atoms with van der Waals surface area (Å²) in [5.74, 6) is -1.51. The summed E-state index contributed by atoms with van der Waals surface area (Å²) in [7, 11) is 1.43. The molecule has 1 aliphatic rings. The Morgan fingerprint density at radius 3 is 2.42 bits per heavy atom. The third-order valence-electron chi connectivity index (χ3n) is 7.22. The minimum Gasteiger partial charge on any atom is -0.505 e. The van der Waals surface area contributed by atoms with Gasteiger partial charge in [0.2, 0.25) is 6.29 Å². The first kappa shape index (κ1) is 30.2. The zero-order valence-corrected chi connectivity index (χ0v) is 24.9. The second-order valence-electron chi connectivity index (χ2n) is 10.6. The molecule has 4 unspecified atom stereocenters. The highest BCUT2D eigenvalue weighted by molar-refractivity contribution is 7.13. The molecule has 1 fully saturated rings. The number of fused-ring (bicyclic) bond motifs is 1. The van der Waals surface area contributed by atoms with Crippen molar-refractivity contribution in [3.63, 3.8) is 0 Å². The van der Waals surface area contributed by atoms with E-state index in [-0.39, 0.29) is 16.7 Å². The molecule has 2 aromatic heterocycles. The zero-order chi connectivity index (χ0) is 31.1. The van der Waals surface area contributed by atoms with Crippen LogP contribution in [0.25, 0.3) is 11.0 Å². The molecule has 0 aliphatic carbocycles. The van der Waals surface area contributed by atoms with Crippen molar-refractivity contribution in [2.75, 3.05) is 12.4 Å².